The van der Waals surface area contributed by atoms with Crippen molar-refractivity contribution in [1.29, 1.82) is 0 Å². The van der Waals surface area contributed by atoms with E-state index in [1.165, 1.54) is 6.07 Å². The van der Waals surface area contributed by atoms with E-state index in [0.717, 1.165) is 30.9 Å². The molecule has 1 heterocycles. The lowest BCUT2D eigenvalue weighted by atomic mass is 10.2. The van der Waals surface area contributed by atoms with Crippen molar-refractivity contribution in [3.8, 4) is 0 Å². The standard InChI is InChI=1S/C12H16ClN3O2S.HI/c1-16-6-5-14-12(16)15-8-9-3-4-11(10(13)7-9)19(2,17)18;/h3-4,7H,5-6,8H2,1-2H3,(H,14,15);1H. The number of rotatable bonds is 3. The van der Waals surface area contributed by atoms with E-state index in [0.29, 0.717) is 6.54 Å². The van der Waals surface area contributed by atoms with Gasteiger partial charge in [-0.2, -0.15) is 0 Å². The minimum Gasteiger partial charge on any atom is -0.352 e. The second kappa shape index (κ2) is 6.95. The van der Waals surface area contributed by atoms with Gasteiger partial charge in [-0.25, -0.2) is 8.42 Å². The van der Waals surface area contributed by atoms with Crippen molar-refractivity contribution in [2.75, 3.05) is 26.4 Å². The number of guanidine groups is 1. The summed E-state index contributed by atoms with van der Waals surface area (Å²) in [6.45, 7) is 2.27. The van der Waals surface area contributed by atoms with Gasteiger partial charge in [0.2, 0.25) is 0 Å². The summed E-state index contributed by atoms with van der Waals surface area (Å²) in [7, 11) is -1.30. The normalized spacial score (nSPS) is 14.8. The largest absolute Gasteiger partial charge is 0.352 e. The molecule has 1 aromatic carbocycles. The lowest BCUT2D eigenvalue weighted by molar-refractivity contribution is 0.534. The van der Waals surface area contributed by atoms with Crippen LogP contribution >= 0.6 is 35.6 Å². The van der Waals surface area contributed by atoms with Gasteiger partial charge in [0.05, 0.1) is 16.5 Å². The third-order valence-corrected chi connectivity index (χ3v) is 4.48. The molecule has 0 bridgehead atoms. The Balaban J connectivity index is 0.00000200. The number of sulfone groups is 1. The van der Waals surface area contributed by atoms with Crippen LogP contribution in [0.1, 0.15) is 5.56 Å². The summed E-state index contributed by atoms with van der Waals surface area (Å²) < 4.78 is 22.9. The Labute approximate surface area is 141 Å². The van der Waals surface area contributed by atoms with Crippen molar-refractivity contribution >= 4 is 51.4 Å². The van der Waals surface area contributed by atoms with Crippen LogP contribution < -0.4 is 5.32 Å². The summed E-state index contributed by atoms with van der Waals surface area (Å²) in [5, 5.41) is 3.45. The van der Waals surface area contributed by atoms with Gasteiger partial charge in [0, 0.05) is 26.4 Å². The van der Waals surface area contributed by atoms with Crippen molar-refractivity contribution in [2.24, 2.45) is 4.99 Å². The SMILES string of the molecule is CN1CCN=C1NCc1ccc(S(C)(=O)=O)c(Cl)c1.I. The van der Waals surface area contributed by atoms with E-state index >= 15 is 0 Å². The third kappa shape index (κ3) is 4.23. The Hall–Kier alpha value is -0.540. The van der Waals surface area contributed by atoms with Gasteiger partial charge in [-0.3, -0.25) is 4.99 Å². The smallest absolute Gasteiger partial charge is 0.194 e. The van der Waals surface area contributed by atoms with Crippen LogP contribution in [0.15, 0.2) is 28.1 Å². The van der Waals surface area contributed by atoms with E-state index in [1.54, 1.807) is 12.1 Å². The van der Waals surface area contributed by atoms with Crippen LogP contribution in [0.25, 0.3) is 0 Å². The van der Waals surface area contributed by atoms with Crippen LogP contribution in [-0.2, 0) is 16.4 Å². The van der Waals surface area contributed by atoms with Gasteiger partial charge in [0.25, 0.3) is 0 Å². The Morgan fingerprint density at radius 2 is 2.15 bits per heavy atom. The molecule has 1 N–H and O–H groups in total. The fraction of sp³-hybridized carbons (Fsp3) is 0.417. The number of nitrogens with one attached hydrogen (secondary N) is 1. The van der Waals surface area contributed by atoms with E-state index < -0.39 is 9.84 Å². The lowest BCUT2D eigenvalue weighted by Crippen LogP contribution is -2.35. The molecular formula is C12H17ClIN3O2S. The van der Waals surface area contributed by atoms with E-state index in [-0.39, 0.29) is 33.9 Å². The van der Waals surface area contributed by atoms with Crippen LogP contribution in [-0.4, -0.2) is 45.7 Å². The minimum absolute atomic E-state index is 0. The van der Waals surface area contributed by atoms with E-state index in [2.05, 4.69) is 10.3 Å². The van der Waals surface area contributed by atoms with Crippen molar-refractivity contribution in [3.05, 3.63) is 28.8 Å². The summed E-state index contributed by atoms with van der Waals surface area (Å²) in [5.41, 5.74) is 0.917. The molecule has 0 amide bonds. The zero-order valence-corrected chi connectivity index (χ0v) is 15.2. The molecule has 8 heteroatoms. The average molecular weight is 430 g/mol. The highest BCUT2D eigenvalue weighted by Crippen LogP contribution is 2.22. The monoisotopic (exact) mass is 429 g/mol. The first-order valence-electron chi connectivity index (χ1n) is 5.86. The van der Waals surface area contributed by atoms with Gasteiger partial charge >= 0.3 is 0 Å². The molecule has 0 spiro atoms. The maximum atomic E-state index is 11.4. The highest BCUT2D eigenvalue weighted by molar-refractivity contribution is 14.0. The molecule has 1 aromatic rings. The van der Waals surface area contributed by atoms with Gasteiger partial charge in [-0.1, -0.05) is 17.7 Å². The topological polar surface area (TPSA) is 61.8 Å². The summed E-state index contributed by atoms with van der Waals surface area (Å²) in [6.07, 6.45) is 1.15. The molecule has 0 saturated carbocycles. The first-order chi connectivity index (χ1) is 8.88. The van der Waals surface area contributed by atoms with Gasteiger partial charge < -0.3 is 10.2 Å². The number of halogens is 2. The van der Waals surface area contributed by atoms with Crippen LogP contribution in [0.3, 0.4) is 0 Å². The molecule has 0 saturated heterocycles. The number of benzene rings is 1. The van der Waals surface area contributed by atoms with Crippen molar-refractivity contribution in [2.45, 2.75) is 11.4 Å². The zero-order chi connectivity index (χ0) is 14.0. The first kappa shape index (κ1) is 17.5. The average Bonchev–Trinajstić information content (AvgIpc) is 2.70. The molecule has 0 aromatic heterocycles. The predicted octanol–water partition coefficient (Wildman–Crippen LogP) is 1.75. The van der Waals surface area contributed by atoms with Crippen LogP contribution in [0, 0.1) is 0 Å². The highest BCUT2D eigenvalue weighted by atomic mass is 127. The summed E-state index contributed by atoms with van der Waals surface area (Å²) in [6, 6.07) is 4.96. The molecule has 20 heavy (non-hydrogen) atoms. The highest BCUT2D eigenvalue weighted by Gasteiger charge is 2.14. The molecule has 0 unspecified atom stereocenters. The molecular weight excluding hydrogens is 413 g/mol. The number of hydrogen-bond acceptors (Lipinski definition) is 5. The Morgan fingerprint density at radius 3 is 2.65 bits per heavy atom. The van der Waals surface area contributed by atoms with E-state index in [1.807, 2.05) is 11.9 Å². The van der Waals surface area contributed by atoms with Gasteiger partial charge in [-0.15, -0.1) is 24.0 Å². The Morgan fingerprint density at radius 1 is 1.45 bits per heavy atom. The lowest BCUT2D eigenvalue weighted by Gasteiger charge is -2.15. The van der Waals surface area contributed by atoms with Crippen LogP contribution in [0.2, 0.25) is 5.02 Å². The quantitative estimate of drug-likeness (QED) is 0.744. The van der Waals surface area contributed by atoms with E-state index in [9.17, 15) is 8.42 Å². The summed E-state index contributed by atoms with van der Waals surface area (Å²) in [5.74, 6) is 0.850. The maximum Gasteiger partial charge on any atom is 0.194 e. The molecule has 0 fully saturated rings. The fourth-order valence-electron chi connectivity index (χ4n) is 1.86. The zero-order valence-electron chi connectivity index (χ0n) is 11.3. The van der Waals surface area contributed by atoms with Gasteiger partial charge in [0.15, 0.2) is 15.8 Å². The van der Waals surface area contributed by atoms with Crippen LogP contribution in [0.4, 0.5) is 0 Å². The number of hydrogen-bond donors (Lipinski definition) is 1. The molecule has 1 aliphatic rings. The molecule has 1 aliphatic heterocycles. The number of nitrogens with zero attached hydrogens (tertiary/aromatic N) is 2. The van der Waals surface area contributed by atoms with Gasteiger partial charge in [0.1, 0.15) is 0 Å². The second-order valence-corrected chi connectivity index (χ2v) is 6.91. The number of aliphatic imine (C=N–C) groups is 1. The van der Waals surface area contributed by atoms with E-state index in [4.69, 9.17) is 11.6 Å². The first-order valence-corrected chi connectivity index (χ1v) is 8.13. The molecule has 0 atom stereocenters. The number of likely N-dealkylation sites (N-methyl/N-ethyl adjacent to an activating group) is 1. The fourth-order valence-corrected chi connectivity index (χ4v) is 3.21. The van der Waals surface area contributed by atoms with Crippen LogP contribution in [0.5, 0.6) is 0 Å². The van der Waals surface area contributed by atoms with Gasteiger partial charge in [-0.05, 0) is 17.7 Å². The molecule has 2 rings (SSSR count). The van der Waals surface area contributed by atoms with Crippen molar-refractivity contribution < 1.29 is 8.42 Å². The summed E-state index contributed by atoms with van der Waals surface area (Å²) in [4.78, 5) is 6.51. The summed E-state index contributed by atoms with van der Waals surface area (Å²) >= 11 is 5.99. The Kier molecular flexibility index (Phi) is 6.08. The molecule has 5 nitrogen and oxygen atoms in total. The third-order valence-electron chi connectivity index (χ3n) is 2.90. The second-order valence-electron chi connectivity index (χ2n) is 4.52. The maximum absolute atomic E-state index is 11.4. The Bertz CT molecular complexity index is 619. The van der Waals surface area contributed by atoms with Crippen molar-refractivity contribution in [3.63, 3.8) is 0 Å². The molecule has 0 aliphatic carbocycles. The molecule has 0 radical (unpaired) electrons. The predicted molar refractivity (Wildman–Crippen MR) is 91.7 cm³/mol. The van der Waals surface area contributed by atoms with Crippen molar-refractivity contribution in [1.82, 2.24) is 10.2 Å². The molecule has 112 valence electrons. The minimum atomic E-state index is -3.27.